The van der Waals surface area contributed by atoms with Crippen LogP contribution in [0.15, 0.2) is 46.9 Å². The summed E-state index contributed by atoms with van der Waals surface area (Å²) in [5.74, 6) is 0. The van der Waals surface area contributed by atoms with Crippen molar-refractivity contribution in [2.24, 2.45) is 0 Å². The van der Waals surface area contributed by atoms with Gasteiger partial charge in [0.05, 0.1) is 0 Å². The molecule has 0 saturated heterocycles. The van der Waals surface area contributed by atoms with E-state index < -0.39 is 0 Å². The Morgan fingerprint density at radius 3 is 2.33 bits per heavy atom. The molecule has 0 radical (unpaired) electrons. The first-order valence-corrected chi connectivity index (χ1v) is 7.73. The minimum absolute atomic E-state index is 0.367. The molecule has 18 heavy (non-hydrogen) atoms. The first-order chi connectivity index (χ1) is 8.56. The molecule has 0 aromatic heterocycles. The topological polar surface area (TPSA) is 0 Å². The van der Waals surface area contributed by atoms with Gasteiger partial charge >= 0.3 is 0 Å². The van der Waals surface area contributed by atoms with E-state index in [1.165, 1.54) is 22.3 Å². The standard InChI is InChI=1S/C16H16Br2/c1-11-3-4-12(2)14(9-11)10-16(18)13-5-7-15(17)8-6-13/h3-9,16H,10H2,1-2H3. The van der Waals surface area contributed by atoms with Gasteiger partial charge in [0.25, 0.3) is 0 Å². The van der Waals surface area contributed by atoms with Crippen LogP contribution < -0.4 is 0 Å². The summed E-state index contributed by atoms with van der Waals surface area (Å²) in [5.41, 5.74) is 5.42. The minimum Gasteiger partial charge on any atom is -0.0835 e. The number of hydrogen-bond donors (Lipinski definition) is 0. The summed E-state index contributed by atoms with van der Waals surface area (Å²) in [5, 5.41) is 0. The summed E-state index contributed by atoms with van der Waals surface area (Å²) >= 11 is 7.26. The maximum atomic E-state index is 3.79. The van der Waals surface area contributed by atoms with Gasteiger partial charge in [-0.05, 0) is 49.1 Å². The van der Waals surface area contributed by atoms with E-state index in [1.807, 2.05) is 0 Å². The van der Waals surface area contributed by atoms with E-state index >= 15 is 0 Å². The summed E-state index contributed by atoms with van der Waals surface area (Å²) in [6.45, 7) is 4.32. The molecule has 0 bridgehead atoms. The van der Waals surface area contributed by atoms with Gasteiger partial charge in [-0.15, -0.1) is 0 Å². The van der Waals surface area contributed by atoms with Crippen LogP contribution in [0.1, 0.15) is 27.1 Å². The fourth-order valence-electron chi connectivity index (χ4n) is 2.00. The van der Waals surface area contributed by atoms with Crippen LogP contribution >= 0.6 is 31.9 Å². The second-order valence-electron chi connectivity index (χ2n) is 4.65. The van der Waals surface area contributed by atoms with Crippen LogP contribution in [0.3, 0.4) is 0 Å². The fraction of sp³-hybridized carbons (Fsp3) is 0.250. The monoisotopic (exact) mass is 366 g/mol. The molecule has 0 aliphatic rings. The molecule has 0 aliphatic carbocycles. The zero-order valence-corrected chi connectivity index (χ0v) is 13.8. The number of benzene rings is 2. The molecule has 1 atom stereocenters. The van der Waals surface area contributed by atoms with Crippen molar-refractivity contribution in [1.82, 2.24) is 0 Å². The van der Waals surface area contributed by atoms with Gasteiger partial charge in [0.1, 0.15) is 0 Å². The molecule has 0 saturated carbocycles. The zero-order valence-electron chi connectivity index (χ0n) is 10.6. The molecule has 2 aromatic carbocycles. The van der Waals surface area contributed by atoms with Gasteiger partial charge in [-0.3, -0.25) is 0 Å². The van der Waals surface area contributed by atoms with Crippen LogP contribution in [0.4, 0.5) is 0 Å². The van der Waals surface area contributed by atoms with E-state index in [4.69, 9.17) is 0 Å². The third-order valence-corrected chi connectivity index (χ3v) is 4.52. The van der Waals surface area contributed by atoms with Crippen LogP contribution in [-0.2, 0) is 6.42 Å². The van der Waals surface area contributed by atoms with Gasteiger partial charge in [0.2, 0.25) is 0 Å². The largest absolute Gasteiger partial charge is 0.0835 e. The summed E-state index contributed by atoms with van der Waals surface area (Å²) < 4.78 is 1.12. The van der Waals surface area contributed by atoms with E-state index in [2.05, 4.69) is 88.2 Å². The van der Waals surface area contributed by atoms with Crippen LogP contribution in [0.2, 0.25) is 0 Å². The Morgan fingerprint density at radius 1 is 1.00 bits per heavy atom. The molecular weight excluding hydrogens is 352 g/mol. The smallest absolute Gasteiger partial charge is 0.0435 e. The molecule has 94 valence electrons. The second-order valence-corrected chi connectivity index (χ2v) is 6.67. The maximum Gasteiger partial charge on any atom is 0.0435 e. The lowest BCUT2D eigenvalue weighted by Gasteiger charge is -2.13. The van der Waals surface area contributed by atoms with Crippen molar-refractivity contribution >= 4 is 31.9 Å². The molecule has 0 amide bonds. The summed E-state index contributed by atoms with van der Waals surface area (Å²) in [7, 11) is 0. The quantitative estimate of drug-likeness (QED) is 0.606. The van der Waals surface area contributed by atoms with Crippen LogP contribution in [0.5, 0.6) is 0 Å². The van der Waals surface area contributed by atoms with Gasteiger partial charge < -0.3 is 0 Å². The molecule has 2 rings (SSSR count). The van der Waals surface area contributed by atoms with Gasteiger partial charge in [0, 0.05) is 9.30 Å². The molecule has 0 spiro atoms. The van der Waals surface area contributed by atoms with Crippen molar-refractivity contribution in [2.45, 2.75) is 25.1 Å². The predicted octanol–water partition coefficient (Wildman–Crippen LogP) is 5.74. The molecule has 2 aromatic rings. The van der Waals surface area contributed by atoms with E-state index in [-0.39, 0.29) is 0 Å². The van der Waals surface area contributed by atoms with Gasteiger partial charge in [-0.25, -0.2) is 0 Å². The summed E-state index contributed by atoms with van der Waals surface area (Å²) in [6, 6.07) is 15.2. The van der Waals surface area contributed by atoms with Crippen molar-refractivity contribution in [2.75, 3.05) is 0 Å². The first-order valence-electron chi connectivity index (χ1n) is 6.02. The number of aryl methyl sites for hydroxylation is 2. The van der Waals surface area contributed by atoms with Crippen LogP contribution in [0.25, 0.3) is 0 Å². The van der Waals surface area contributed by atoms with Crippen molar-refractivity contribution in [3.63, 3.8) is 0 Å². The molecule has 0 nitrogen and oxygen atoms in total. The predicted molar refractivity (Wildman–Crippen MR) is 85.4 cm³/mol. The lowest BCUT2D eigenvalue weighted by Crippen LogP contribution is -1.98. The maximum absolute atomic E-state index is 3.79. The van der Waals surface area contributed by atoms with Crippen LogP contribution in [-0.4, -0.2) is 0 Å². The Kier molecular flexibility index (Phi) is 4.63. The molecule has 0 aliphatic heterocycles. The van der Waals surface area contributed by atoms with Crippen molar-refractivity contribution < 1.29 is 0 Å². The Morgan fingerprint density at radius 2 is 1.67 bits per heavy atom. The number of alkyl halides is 1. The van der Waals surface area contributed by atoms with Gasteiger partial charge in [0.15, 0.2) is 0 Å². The molecular formula is C16H16Br2. The number of hydrogen-bond acceptors (Lipinski definition) is 0. The molecule has 0 N–H and O–H groups in total. The first kappa shape index (κ1) is 13.8. The third-order valence-electron chi connectivity index (χ3n) is 3.14. The van der Waals surface area contributed by atoms with Gasteiger partial charge in [-0.1, -0.05) is 67.8 Å². The van der Waals surface area contributed by atoms with E-state index in [0.717, 1.165) is 10.9 Å². The lowest BCUT2D eigenvalue weighted by atomic mass is 9.99. The highest BCUT2D eigenvalue weighted by Gasteiger charge is 2.10. The van der Waals surface area contributed by atoms with Crippen LogP contribution in [0, 0.1) is 13.8 Å². The Labute approximate surface area is 126 Å². The highest BCUT2D eigenvalue weighted by Crippen LogP contribution is 2.29. The molecule has 0 heterocycles. The fourth-order valence-corrected chi connectivity index (χ4v) is 2.92. The number of halogens is 2. The second kappa shape index (κ2) is 6.03. The zero-order chi connectivity index (χ0) is 13.1. The highest BCUT2D eigenvalue weighted by atomic mass is 79.9. The summed E-state index contributed by atoms with van der Waals surface area (Å²) in [4.78, 5) is 0.367. The van der Waals surface area contributed by atoms with Crippen molar-refractivity contribution in [3.8, 4) is 0 Å². The average molecular weight is 368 g/mol. The normalized spacial score (nSPS) is 12.4. The van der Waals surface area contributed by atoms with Gasteiger partial charge in [-0.2, -0.15) is 0 Å². The molecule has 2 heteroatoms. The third kappa shape index (κ3) is 3.46. The van der Waals surface area contributed by atoms with E-state index in [1.54, 1.807) is 0 Å². The highest BCUT2D eigenvalue weighted by molar-refractivity contribution is 9.10. The molecule has 0 fully saturated rings. The van der Waals surface area contributed by atoms with Crippen molar-refractivity contribution in [1.29, 1.82) is 0 Å². The average Bonchev–Trinajstić information content (AvgIpc) is 2.34. The Hall–Kier alpha value is -0.600. The molecule has 1 unspecified atom stereocenters. The minimum atomic E-state index is 0.367. The summed E-state index contributed by atoms with van der Waals surface area (Å²) in [6.07, 6.45) is 1.02. The van der Waals surface area contributed by atoms with Crippen molar-refractivity contribution in [3.05, 3.63) is 69.2 Å². The van der Waals surface area contributed by atoms with E-state index in [0.29, 0.717) is 4.83 Å². The Balaban J connectivity index is 2.18. The Bertz CT molecular complexity index is 529. The SMILES string of the molecule is Cc1ccc(C)c(CC(Br)c2ccc(Br)cc2)c1. The lowest BCUT2D eigenvalue weighted by molar-refractivity contribution is 0.936. The number of rotatable bonds is 3. The van der Waals surface area contributed by atoms with E-state index in [9.17, 15) is 0 Å².